The van der Waals surface area contributed by atoms with E-state index in [-0.39, 0.29) is 12.4 Å². The van der Waals surface area contributed by atoms with Gasteiger partial charge in [0, 0.05) is 11.1 Å². The maximum absolute atomic E-state index is 12.9. The van der Waals surface area contributed by atoms with Gasteiger partial charge in [0.15, 0.2) is 28.8 Å². The van der Waals surface area contributed by atoms with E-state index >= 15 is 0 Å². The number of ketones is 1. The highest BCUT2D eigenvalue weighted by Gasteiger charge is 2.16. The number of carbonyl (C=O) groups excluding carboxylic acids is 2. The second-order valence-corrected chi connectivity index (χ2v) is 8.35. The second kappa shape index (κ2) is 12.1. The largest absolute Gasteiger partial charge is 0.493 e. The zero-order valence-corrected chi connectivity index (χ0v) is 21.9. The summed E-state index contributed by atoms with van der Waals surface area (Å²) in [6.07, 6.45) is 3.11. The molecule has 0 aliphatic rings. The number of carbonyl (C=O) groups is 2. The van der Waals surface area contributed by atoms with E-state index in [9.17, 15) is 9.59 Å². The van der Waals surface area contributed by atoms with Crippen LogP contribution in [0.25, 0.3) is 6.08 Å². The Labute approximate surface area is 217 Å². The van der Waals surface area contributed by atoms with E-state index in [1.165, 1.54) is 34.5 Å². The molecule has 3 rings (SSSR count). The first-order valence-electron chi connectivity index (χ1n) is 10.7. The number of methoxy groups -OCH3 is 4. The Morgan fingerprint density at radius 1 is 0.833 bits per heavy atom. The standard InChI is InChI=1S/C27H26BrNO7/c1-32-22-12-16(8-9-21(30)19-13-23(33-2)26(35-4)24(14-19)34-3)11-20(28)25(22)36-15-17-6-5-7-18(10-17)27(29)31/h5-14H,15H2,1-4H3,(H2,29,31). The van der Waals surface area contributed by atoms with Crippen LogP contribution in [-0.4, -0.2) is 40.1 Å². The fourth-order valence-corrected chi connectivity index (χ4v) is 4.01. The van der Waals surface area contributed by atoms with E-state index in [1.807, 2.05) is 6.07 Å². The van der Waals surface area contributed by atoms with Crippen molar-refractivity contribution in [3.05, 3.63) is 81.3 Å². The molecule has 0 saturated heterocycles. The van der Waals surface area contributed by atoms with Gasteiger partial charge in [-0.3, -0.25) is 9.59 Å². The van der Waals surface area contributed by atoms with Crippen LogP contribution in [-0.2, 0) is 6.61 Å². The molecule has 0 unspecified atom stereocenters. The molecule has 36 heavy (non-hydrogen) atoms. The number of rotatable bonds is 11. The zero-order valence-electron chi connectivity index (χ0n) is 20.3. The molecule has 0 saturated carbocycles. The van der Waals surface area contributed by atoms with Crippen molar-refractivity contribution >= 4 is 33.7 Å². The Balaban J connectivity index is 1.81. The number of benzene rings is 3. The van der Waals surface area contributed by atoms with Crippen LogP contribution < -0.4 is 29.4 Å². The van der Waals surface area contributed by atoms with Crippen molar-refractivity contribution in [1.82, 2.24) is 0 Å². The molecule has 3 aromatic rings. The first kappa shape index (κ1) is 26.6. The Bertz CT molecular complexity index is 1280. The fraction of sp³-hybridized carbons (Fsp3) is 0.185. The molecule has 9 heteroatoms. The molecule has 0 spiro atoms. The smallest absolute Gasteiger partial charge is 0.248 e. The topological polar surface area (TPSA) is 106 Å². The molecular formula is C27H26BrNO7. The predicted molar refractivity (Wildman–Crippen MR) is 139 cm³/mol. The van der Waals surface area contributed by atoms with Crippen LogP contribution in [0.1, 0.15) is 31.8 Å². The highest BCUT2D eigenvalue weighted by molar-refractivity contribution is 9.10. The maximum atomic E-state index is 12.9. The maximum Gasteiger partial charge on any atom is 0.248 e. The molecule has 0 aliphatic carbocycles. The summed E-state index contributed by atoms with van der Waals surface area (Å²) >= 11 is 3.51. The number of nitrogens with two attached hydrogens (primary N) is 1. The lowest BCUT2D eigenvalue weighted by Crippen LogP contribution is -2.11. The summed E-state index contributed by atoms with van der Waals surface area (Å²) in [5, 5.41) is 0. The molecule has 0 aromatic heterocycles. The monoisotopic (exact) mass is 555 g/mol. The average molecular weight is 556 g/mol. The summed E-state index contributed by atoms with van der Waals surface area (Å²) in [4.78, 5) is 24.3. The molecule has 3 aromatic carbocycles. The molecule has 0 heterocycles. The van der Waals surface area contributed by atoms with Gasteiger partial charge < -0.3 is 29.4 Å². The van der Waals surface area contributed by atoms with Gasteiger partial charge in [-0.05, 0) is 69.5 Å². The number of hydrogen-bond acceptors (Lipinski definition) is 7. The molecule has 0 aliphatic heterocycles. The van der Waals surface area contributed by atoms with E-state index in [0.717, 1.165) is 5.56 Å². The van der Waals surface area contributed by atoms with Crippen molar-refractivity contribution in [2.24, 2.45) is 5.73 Å². The van der Waals surface area contributed by atoms with Gasteiger partial charge in [0.2, 0.25) is 11.7 Å². The van der Waals surface area contributed by atoms with Crippen molar-refractivity contribution in [3.63, 3.8) is 0 Å². The minimum atomic E-state index is -0.507. The van der Waals surface area contributed by atoms with E-state index in [1.54, 1.807) is 48.5 Å². The Hall–Kier alpha value is -3.98. The zero-order chi connectivity index (χ0) is 26.2. The summed E-state index contributed by atoms with van der Waals surface area (Å²) in [7, 11) is 6.00. The first-order chi connectivity index (χ1) is 17.3. The third-order valence-corrected chi connectivity index (χ3v) is 5.81. The van der Waals surface area contributed by atoms with Crippen molar-refractivity contribution in [3.8, 4) is 28.7 Å². The van der Waals surface area contributed by atoms with Crippen LogP contribution in [0.15, 0.2) is 59.1 Å². The molecule has 0 bridgehead atoms. The van der Waals surface area contributed by atoms with E-state index < -0.39 is 5.91 Å². The molecule has 0 atom stereocenters. The fourth-order valence-electron chi connectivity index (χ4n) is 3.44. The Morgan fingerprint density at radius 3 is 2.06 bits per heavy atom. The van der Waals surface area contributed by atoms with Crippen LogP contribution in [0.4, 0.5) is 0 Å². The molecule has 1 amide bonds. The number of amides is 1. The summed E-state index contributed by atoms with van der Waals surface area (Å²) in [6.45, 7) is 0.199. The predicted octanol–water partition coefficient (Wildman–Crippen LogP) is 5.06. The van der Waals surface area contributed by atoms with Gasteiger partial charge in [-0.15, -0.1) is 0 Å². The molecule has 2 N–H and O–H groups in total. The average Bonchev–Trinajstić information content (AvgIpc) is 2.89. The van der Waals surface area contributed by atoms with Crippen molar-refractivity contribution in [1.29, 1.82) is 0 Å². The minimum Gasteiger partial charge on any atom is -0.493 e. The van der Waals surface area contributed by atoms with Crippen molar-refractivity contribution < 1.29 is 33.3 Å². The molecular weight excluding hydrogens is 530 g/mol. The number of allylic oxidation sites excluding steroid dienone is 1. The van der Waals surface area contributed by atoms with Crippen LogP contribution in [0, 0.1) is 0 Å². The van der Waals surface area contributed by atoms with E-state index in [2.05, 4.69) is 15.9 Å². The van der Waals surface area contributed by atoms with Gasteiger partial charge >= 0.3 is 0 Å². The summed E-state index contributed by atoms with van der Waals surface area (Å²) in [5.74, 6) is 1.38. The van der Waals surface area contributed by atoms with Crippen LogP contribution >= 0.6 is 15.9 Å². The number of primary amides is 1. The third kappa shape index (κ3) is 6.17. The van der Waals surface area contributed by atoms with Crippen LogP contribution in [0.2, 0.25) is 0 Å². The van der Waals surface area contributed by atoms with Gasteiger partial charge in [0.25, 0.3) is 0 Å². The SMILES string of the molecule is COc1cc(C=CC(=O)c2cc(OC)c(OC)c(OC)c2)cc(Br)c1OCc1cccc(C(N)=O)c1. The number of halogens is 1. The van der Waals surface area contributed by atoms with Gasteiger partial charge in [-0.1, -0.05) is 18.2 Å². The third-order valence-electron chi connectivity index (χ3n) is 5.22. The quantitative estimate of drug-likeness (QED) is 0.260. The van der Waals surface area contributed by atoms with Gasteiger partial charge in [-0.2, -0.15) is 0 Å². The van der Waals surface area contributed by atoms with Gasteiger partial charge in [-0.25, -0.2) is 0 Å². The van der Waals surface area contributed by atoms with Crippen molar-refractivity contribution in [2.45, 2.75) is 6.61 Å². The van der Waals surface area contributed by atoms with E-state index in [0.29, 0.717) is 49.9 Å². The summed E-state index contributed by atoms with van der Waals surface area (Å²) in [5.41, 5.74) is 7.62. The Kier molecular flexibility index (Phi) is 8.97. The lowest BCUT2D eigenvalue weighted by atomic mass is 10.1. The second-order valence-electron chi connectivity index (χ2n) is 7.50. The lowest BCUT2D eigenvalue weighted by molar-refractivity contribution is 0.0998. The van der Waals surface area contributed by atoms with Gasteiger partial charge in [0.05, 0.1) is 32.9 Å². The molecule has 188 valence electrons. The molecule has 0 radical (unpaired) electrons. The number of ether oxygens (including phenoxy) is 5. The van der Waals surface area contributed by atoms with Crippen LogP contribution in [0.3, 0.4) is 0 Å². The molecule has 8 nitrogen and oxygen atoms in total. The van der Waals surface area contributed by atoms with Crippen molar-refractivity contribution in [2.75, 3.05) is 28.4 Å². The number of hydrogen-bond donors (Lipinski definition) is 1. The van der Waals surface area contributed by atoms with E-state index in [4.69, 9.17) is 29.4 Å². The summed E-state index contributed by atoms with van der Waals surface area (Å²) < 4.78 is 28.0. The highest BCUT2D eigenvalue weighted by atomic mass is 79.9. The van der Waals surface area contributed by atoms with Crippen LogP contribution in [0.5, 0.6) is 28.7 Å². The van der Waals surface area contributed by atoms with Gasteiger partial charge in [0.1, 0.15) is 6.61 Å². The summed E-state index contributed by atoms with van der Waals surface area (Å²) in [6, 6.07) is 13.6. The Morgan fingerprint density at radius 2 is 1.47 bits per heavy atom. The minimum absolute atomic E-state index is 0.199. The normalized spacial score (nSPS) is 10.7. The highest BCUT2D eigenvalue weighted by Crippen LogP contribution is 2.39. The molecule has 0 fully saturated rings. The lowest BCUT2D eigenvalue weighted by Gasteiger charge is -2.14. The first-order valence-corrected chi connectivity index (χ1v) is 11.5.